The summed E-state index contributed by atoms with van der Waals surface area (Å²) in [6.07, 6.45) is 14.2. The lowest BCUT2D eigenvalue weighted by molar-refractivity contribution is 0.268. The molecule has 3 aliphatic rings. The fourth-order valence-corrected chi connectivity index (χ4v) is 4.12. The van der Waals surface area contributed by atoms with Gasteiger partial charge in [-0.15, -0.1) is 0 Å². The molecule has 2 heteroatoms. The molecule has 2 aromatic carbocycles. The van der Waals surface area contributed by atoms with E-state index in [1.165, 1.54) is 22.3 Å². The number of nitrogens with two attached hydrogens (primary N) is 1. The Bertz CT molecular complexity index is 965. The normalized spacial score (nSPS) is 25.8. The van der Waals surface area contributed by atoms with Gasteiger partial charge in [-0.1, -0.05) is 72.8 Å². The van der Waals surface area contributed by atoms with Gasteiger partial charge < -0.3 is 10.5 Å². The molecular weight excluding hydrogens is 318 g/mol. The van der Waals surface area contributed by atoms with Crippen molar-refractivity contribution >= 4 is 0 Å². The van der Waals surface area contributed by atoms with E-state index in [1.54, 1.807) is 0 Å². The highest BCUT2D eigenvalue weighted by atomic mass is 16.5. The monoisotopic (exact) mass is 339 g/mol. The summed E-state index contributed by atoms with van der Waals surface area (Å²) < 4.78 is 6.37. The van der Waals surface area contributed by atoms with Gasteiger partial charge in [-0.2, -0.15) is 0 Å². The van der Waals surface area contributed by atoms with E-state index in [0.717, 1.165) is 17.9 Å². The first kappa shape index (κ1) is 15.3. The minimum absolute atomic E-state index is 0.0896. The lowest BCUT2D eigenvalue weighted by atomic mass is 9.82. The number of fused-ring (bicyclic) bond motifs is 3. The highest BCUT2D eigenvalue weighted by Crippen LogP contribution is 2.47. The summed E-state index contributed by atoms with van der Waals surface area (Å²) in [5.74, 6) is 1.71. The largest absolute Gasteiger partial charge is 0.484 e. The molecule has 0 fully saturated rings. The molecule has 0 bridgehead atoms. The van der Waals surface area contributed by atoms with E-state index in [-0.39, 0.29) is 12.0 Å². The molecular formula is C24H21NO. The van der Waals surface area contributed by atoms with Gasteiger partial charge in [0, 0.05) is 28.7 Å². The van der Waals surface area contributed by atoms with Gasteiger partial charge in [0.1, 0.15) is 11.9 Å². The van der Waals surface area contributed by atoms with Crippen LogP contribution < -0.4 is 10.5 Å². The quantitative estimate of drug-likeness (QED) is 0.825. The van der Waals surface area contributed by atoms with Crippen LogP contribution in [0.1, 0.15) is 17.9 Å². The van der Waals surface area contributed by atoms with Crippen molar-refractivity contribution in [2.24, 2.45) is 11.7 Å². The molecule has 5 rings (SSSR count). The number of benzene rings is 2. The summed E-state index contributed by atoms with van der Waals surface area (Å²) in [5, 5.41) is 0. The maximum Gasteiger partial charge on any atom is 0.132 e. The number of rotatable bonds is 2. The van der Waals surface area contributed by atoms with Crippen molar-refractivity contribution in [1.82, 2.24) is 0 Å². The highest BCUT2D eigenvalue weighted by molar-refractivity contribution is 5.74. The summed E-state index contributed by atoms with van der Waals surface area (Å²) in [5.41, 5.74) is 11.7. The average molecular weight is 339 g/mol. The third kappa shape index (κ3) is 2.50. The zero-order valence-corrected chi connectivity index (χ0v) is 14.5. The minimum atomic E-state index is 0.0896. The predicted octanol–water partition coefficient (Wildman–Crippen LogP) is 5.11. The Hall–Kier alpha value is -3.00. The zero-order chi connectivity index (χ0) is 17.5. The molecule has 3 unspecified atom stereocenters. The Morgan fingerprint density at radius 2 is 1.81 bits per heavy atom. The van der Waals surface area contributed by atoms with Crippen LogP contribution in [0.2, 0.25) is 0 Å². The van der Waals surface area contributed by atoms with Gasteiger partial charge >= 0.3 is 0 Å². The molecule has 0 radical (unpaired) electrons. The van der Waals surface area contributed by atoms with Crippen LogP contribution in [0, 0.1) is 5.92 Å². The second-order valence-electron chi connectivity index (χ2n) is 7.13. The van der Waals surface area contributed by atoms with E-state index >= 15 is 0 Å². The van der Waals surface area contributed by atoms with Crippen LogP contribution in [0.15, 0.2) is 96.3 Å². The second kappa shape index (κ2) is 6.06. The number of para-hydroxylation sites is 1. The Balaban J connectivity index is 1.52. The molecule has 3 atom stereocenters. The molecule has 26 heavy (non-hydrogen) atoms. The van der Waals surface area contributed by atoms with Gasteiger partial charge in [0.2, 0.25) is 0 Å². The van der Waals surface area contributed by atoms with Gasteiger partial charge in [-0.25, -0.2) is 0 Å². The van der Waals surface area contributed by atoms with Crippen molar-refractivity contribution in [1.29, 1.82) is 0 Å². The standard InChI is InChI=1S/C24H21NO/c25-19-12-9-16(10-13-19)18-11-14-23-22(15-18)21-8-4-7-20(24(21)26-23)17-5-2-1-3-6-17/h1-9,11-16,22-23H,10,25H2. The third-order valence-electron chi connectivity index (χ3n) is 5.50. The van der Waals surface area contributed by atoms with E-state index in [2.05, 4.69) is 72.8 Å². The lowest BCUT2D eigenvalue weighted by Gasteiger charge is -2.23. The molecule has 2 N–H and O–H groups in total. The number of ether oxygens (including phenoxy) is 1. The molecule has 1 aliphatic heterocycles. The first-order chi connectivity index (χ1) is 12.8. The molecule has 2 aliphatic carbocycles. The van der Waals surface area contributed by atoms with Gasteiger partial charge in [-0.3, -0.25) is 0 Å². The molecule has 128 valence electrons. The van der Waals surface area contributed by atoms with E-state index in [4.69, 9.17) is 10.5 Å². The minimum Gasteiger partial charge on any atom is -0.484 e. The molecule has 0 saturated carbocycles. The SMILES string of the molecule is NC1=CCC(C2=CC3c4cccc(-c5ccccc5)c4OC3C=C2)C=C1. The van der Waals surface area contributed by atoms with Crippen molar-refractivity contribution in [2.75, 3.05) is 0 Å². The first-order valence-electron chi connectivity index (χ1n) is 9.18. The average Bonchev–Trinajstić information content (AvgIpc) is 3.07. The molecule has 0 aromatic heterocycles. The van der Waals surface area contributed by atoms with Crippen molar-refractivity contribution in [2.45, 2.75) is 18.4 Å². The molecule has 1 heterocycles. The van der Waals surface area contributed by atoms with Gasteiger partial charge in [-0.05, 0) is 29.7 Å². The molecule has 0 amide bonds. The third-order valence-corrected chi connectivity index (χ3v) is 5.50. The zero-order valence-electron chi connectivity index (χ0n) is 14.5. The molecule has 2 nitrogen and oxygen atoms in total. The van der Waals surface area contributed by atoms with Crippen LogP contribution in [0.25, 0.3) is 11.1 Å². The molecule has 2 aromatic rings. The fourth-order valence-electron chi connectivity index (χ4n) is 4.12. The van der Waals surface area contributed by atoms with Gasteiger partial charge in [0.25, 0.3) is 0 Å². The van der Waals surface area contributed by atoms with Crippen LogP contribution in [-0.4, -0.2) is 6.10 Å². The van der Waals surface area contributed by atoms with Crippen molar-refractivity contribution < 1.29 is 4.74 Å². The van der Waals surface area contributed by atoms with Gasteiger partial charge in [0.15, 0.2) is 0 Å². The summed E-state index contributed by atoms with van der Waals surface area (Å²) in [6.45, 7) is 0. The number of hydrogen-bond acceptors (Lipinski definition) is 2. The van der Waals surface area contributed by atoms with E-state index in [9.17, 15) is 0 Å². The summed E-state index contributed by atoms with van der Waals surface area (Å²) in [6, 6.07) is 17.0. The van der Waals surface area contributed by atoms with E-state index < -0.39 is 0 Å². The Morgan fingerprint density at radius 3 is 2.62 bits per heavy atom. The van der Waals surface area contributed by atoms with Crippen LogP contribution in [0.3, 0.4) is 0 Å². The van der Waals surface area contributed by atoms with Crippen LogP contribution >= 0.6 is 0 Å². The lowest BCUT2D eigenvalue weighted by Crippen LogP contribution is -2.19. The highest BCUT2D eigenvalue weighted by Gasteiger charge is 2.35. The van der Waals surface area contributed by atoms with Crippen molar-refractivity contribution in [3.8, 4) is 16.9 Å². The van der Waals surface area contributed by atoms with E-state index in [1.807, 2.05) is 12.1 Å². The summed E-state index contributed by atoms with van der Waals surface area (Å²) in [7, 11) is 0. The maximum atomic E-state index is 6.37. The van der Waals surface area contributed by atoms with Gasteiger partial charge in [0.05, 0.1) is 0 Å². The fraction of sp³-hybridized carbons (Fsp3) is 0.167. The number of allylic oxidation sites excluding steroid dienone is 5. The van der Waals surface area contributed by atoms with Crippen molar-refractivity contribution in [3.63, 3.8) is 0 Å². The van der Waals surface area contributed by atoms with Crippen LogP contribution in [0.4, 0.5) is 0 Å². The summed E-state index contributed by atoms with van der Waals surface area (Å²) >= 11 is 0. The summed E-state index contributed by atoms with van der Waals surface area (Å²) in [4.78, 5) is 0. The Kier molecular flexibility index (Phi) is 3.56. The molecule has 0 spiro atoms. The Morgan fingerprint density at radius 1 is 0.923 bits per heavy atom. The number of hydrogen-bond donors (Lipinski definition) is 1. The van der Waals surface area contributed by atoms with Crippen LogP contribution in [-0.2, 0) is 0 Å². The first-order valence-corrected chi connectivity index (χ1v) is 9.18. The maximum absolute atomic E-state index is 6.37. The second-order valence-corrected chi connectivity index (χ2v) is 7.13. The predicted molar refractivity (Wildman–Crippen MR) is 106 cm³/mol. The Labute approximate surface area is 154 Å². The molecule has 0 saturated heterocycles. The van der Waals surface area contributed by atoms with Crippen molar-refractivity contribution in [3.05, 3.63) is 102 Å². The topological polar surface area (TPSA) is 35.2 Å². The van der Waals surface area contributed by atoms with Crippen LogP contribution in [0.5, 0.6) is 5.75 Å². The van der Waals surface area contributed by atoms with E-state index in [0.29, 0.717) is 5.92 Å². The smallest absolute Gasteiger partial charge is 0.132 e.